The van der Waals surface area contributed by atoms with Gasteiger partial charge in [-0.3, -0.25) is 4.79 Å². The molecule has 0 atom stereocenters. The smallest absolute Gasteiger partial charge is 0.264 e. The number of carbonyl (C=O) groups is 1. The number of para-hydroxylation sites is 2. The summed E-state index contributed by atoms with van der Waals surface area (Å²) < 4.78 is 18.5. The van der Waals surface area contributed by atoms with E-state index in [1.165, 1.54) is 23.9 Å². The third-order valence-corrected chi connectivity index (χ3v) is 4.12. The van der Waals surface area contributed by atoms with Gasteiger partial charge in [-0.15, -0.1) is 0 Å². The maximum atomic E-state index is 12.9. The van der Waals surface area contributed by atoms with Gasteiger partial charge in [-0.05, 0) is 54.6 Å². The molecule has 4 nitrogen and oxygen atoms in total. The molecule has 1 N–H and O–H groups in total. The van der Waals surface area contributed by atoms with E-state index in [4.69, 9.17) is 4.74 Å². The summed E-state index contributed by atoms with van der Waals surface area (Å²) >= 11 is 1.24. The molecule has 0 unspecified atom stereocenters. The first kappa shape index (κ1) is 16.3. The van der Waals surface area contributed by atoms with Crippen LogP contribution in [0.3, 0.4) is 0 Å². The zero-order chi connectivity index (χ0) is 16.9. The van der Waals surface area contributed by atoms with Crippen LogP contribution in [0.1, 0.15) is 12.5 Å². The second-order valence-corrected chi connectivity index (χ2v) is 5.96. The summed E-state index contributed by atoms with van der Waals surface area (Å²) in [6.07, 6.45) is 1.70. The largest absolute Gasteiger partial charge is 0.492 e. The molecule has 24 heavy (non-hydrogen) atoms. The Labute approximate surface area is 143 Å². The molecule has 122 valence electrons. The van der Waals surface area contributed by atoms with E-state index >= 15 is 0 Å². The fourth-order valence-electron chi connectivity index (χ4n) is 2.13. The predicted molar refractivity (Wildman–Crippen MR) is 94.8 cm³/mol. The molecule has 1 amide bonds. The first-order valence-electron chi connectivity index (χ1n) is 7.42. The predicted octanol–water partition coefficient (Wildman–Crippen LogP) is 4.12. The van der Waals surface area contributed by atoms with Crippen LogP contribution < -0.4 is 10.1 Å². The van der Waals surface area contributed by atoms with Crippen molar-refractivity contribution in [3.8, 4) is 5.75 Å². The third-order valence-electron chi connectivity index (χ3n) is 3.21. The summed E-state index contributed by atoms with van der Waals surface area (Å²) in [4.78, 5) is 17.0. The van der Waals surface area contributed by atoms with Crippen molar-refractivity contribution < 1.29 is 13.9 Å². The van der Waals surface area contributed by atoms with Crippen molar-refractivity contribution in [1.29, 1.82) is 0 Å². The van der Waals surface area contributed by atoms with Crippen molar-refractivity contribution in [2.75, 3.05) is 6.61 Å². The highest BCUT2D eigenvalue weighted by molar-refractivity contribution is 8.18. The SMILES string of the molecule is CCOc1ccccc1N=C1NC(=O)/C(=C/c2ccc(F)cc2)S1. The van der Waals surface area contributed by atoms with E-state index in [0.29, 0.717) is 28.1 Å². The number of ether oxygens (including phenoxy) is 1. The average molecular weight is 342 g/mol. The third kappa shape index (κ3) is 3.83. The van der Waals surface area contributed by atoms with Crippen LogP contribution >= 0.6 is 11.8 Å². The lowest BCUT2D eigenvalue weighted by Gasteiger charge is -2.06. The molecular weight excluding hydrogens is 327 g/mol. The highest BCUT2D eigenvalue weighted by atomic mass is 32.2. The standard InChI is InChI=1S/C18H15FN2O2S/c1-2-23-15-6-4-3-5-14(15)20-18-21-17(22)16(24-18)11-12-7-9-13(19)10-8-12/h3-11H,2H2,1H3,(H,20,21,22)/b16-11-. The molecular formula is C18H15FN2O2S. The van der Waals surface area contributed by atoms with Gasteiger partial charge in [0.2, 0.25) is 0 Å². The minimum atomic E-state index is -0.310. The Bertz CT molecular complexity index is 816. The van der Waals surface area contributed by atoms with E-state index in [1.807, 2.05) is 31.2 Å². The molecule has 6 heteroatoms. The number of amidine groups is 1. The van der Waals surface area contributed by atoms with Gasteiger partial charge in [-0.1, -0.05) is 24.3 Å². The van der Waals surface area contributed by atoms with Crippen molar-refractivity contribution in [3.63, 3.8) is 0 Å². The number of benzene rings is 2. The van der Waals surface area contributed by atoms with Crippen LogP contribution in [0.5, 0.6) is 5.75 Å². The fourth-order valence-corrected chi connectivity index (χ4v) is 2.96. The molecule has 1 heterocycles. The van der Waals surface area contributed by atoms with E-state index in [9.17, 15) is 9.18 Å². The number of carbonyl (C=O) groups excluding carboxylic acids is 1. The molecule has 1 saturated heterocycles. The van der Waals surface area contributed by atoms with Crippen LogP contribution in [0.25, 0.3) is 6.08 Å². The van der Waals surface area contributed by atoms with Crippen molar-refractivity contribution in [2.24, 2.45) is 4.99 Å². The molecule has 0 radical (unpaired) electrons. The number of hydrogen-bond acceptors (Lipinski definition) is 4. The number of nitrogens with zero attached hydrogens (tertiary/aromatic N) is 1. The van der Waals surface area contributed by atoms with Gasteiger partial charge < -0.3 is 10.1 Å². The van der Waals surface area contributed by atoms with Gasteiger partial charge >= 0.3 is 0 Å². The lowest BCUT2D eigenvalue weighted by atomic mass is 10.2. The Kier molecular flexibility index (Phi) is 4.96. The van der Waals surface area contributed by atoms with Gasteiger partial charge in [0, 0.05) is 0 Å². The molecule has 1 aliphatic heterocycles. The lowest BCUT2D eigenvalue weighted by Crippen LogP contribution is -2.19. The summed E-state index contributed by atoms with van der Waals surface area (Å²) in [5.41, 5.74) is 1.41. The average Bonchev–Trinajstić information content (AvgIpc) is 2.91. The number of aliphatic imine (C=N–C) groups is 1. The number of hydrogen-bond donors (Lipinski definition) is 1. The minimum Gasteiger partial charge on any atom is -0.492 e. The fraction of sp³-hybridized carbons (Fsp3) is 0.111. The molecule has 0 spiro atoms. The molecule has 0 saturated carbocycles. The van der Waals surface area contributed by atoms with E-state index in [1.54, 1.807) is 18.2 Å². The molecule has 2 aromatic rings. The van der Waals surface area contributed by atoms with Gasteiger partial charge in [0.15, 0.2) is 5.17 Å². The highest BCUT2D eigenvalue weighted by Crippen LogP contribution is 2.32. The summed E-state index contributed by atoms with van der Waals surface area (Å²) in [5, 5.41) is 3.22. The number of amides is 1. The molecule has 1 aliphatic rings. The maximum absolute atomic E-state index is 12.9. The number of rotatable bonds is 4. The summed E-state index contributed by atoms with van der Waals surface area (Å²) in [5.74, 6) is 0.130. The van der Waals surface area contributed by atoms with Crippen molar-refractivity contribution >= 4 is 34.6 Å². The van der Waals surface area contributed by atoms with E-state index in [2.05, 4.69) is 10.3 Å². The number of thioether (sulfide) groups is 1. The van der Waals surface area contributed by atoms with Crippen LogP contribution in [0.15, 0.2) is 58.4 Å². The molecule has 0 bridgehead atoms. The Morgan fingerprint density at radius 2 is 1.96 bits per heavy atom. The number of nitrogens with one attached hydrogen (secondary N) is 1. The van der Waals surface area contributed by atoms with E-state index in [0.717, 1.165) is 5.56 Å². The van der Waals surface area contributed by atoms with Gasteiger partial charge in [-0.25, -0.2) is 9.38 Å². The minimum absolute atomic E-state index is 0.225. The van der Waals surface area contributed by atoms with Crippen LogP contribution in [-0.2, 0) is 4.79 Å². The molecule has 3 rings (SSSR count). The quantitative estimate of drug-likeness (QED) is 0.851. The second-order valence-electron chi connectivity index (χ2n) is 4.93. The normalized spacial score (nSPS) is 17.3. The van der Waals surface area contributed by atoms with Gasteiger partial charge in [0.1, 0.15) is 17.3 Å². The zero-order valence-corrected chi connectivity index (χ0v) is 13.8. The Hall–Kier alpha value is -2.60. The summed E-state index contributed by atoms with van der Waals surface area (Å²) in [7, 11) is 0. The van der Waals surface area contributed by atoms with Crippen LogP contribution in [-0.4, -0.2) is 17.7 Å². The van der Waals surface area contributed by atoms with Gasteiger partial charge in [-0.2, -0.15) is 0 Å². The van der Waals surface area contributed by atoms with Crippen LogP contribution in [0.2, 0.25) is 0 Å². The Balaban J connectivity index is 1.83. The van der Waals surface area contributed by atoms with Gasteiger partial charge in [0.25, 0.3) is 5.91 Å². The zero-order valence-electron chi connectivity index (χ0n) is 13.0. The lowest BCUT2D eigenvalue weighted by molar-refractivity contribution is -0.115. The monoisotopic (exact) mass is 342 g/mol. The number of halogens is 1. The van der Waals surface area contributed by atoms with Crippen LogP contribution in [0.4, 0.5) is 10.1 Å². The summed E-state index contributed by atoms with van der Waals surface area (Å²) in [6, 6.07) is 13.3. The van der Waals surface area contributed by atoms with Crippen molar-refractivity contribution in [2.45, 2.75) is 6.92 Å². The highest BCUT2D eigenvalue weighted by Gasteiger charge is 2.24. The molecule has 0 aliphatic carbocycles. The van der Waals surface area contributed by atoms with E-state index < -0.39 is 0 Å². The Morgan fingerprint density at radius 3 is 2.71 bits per heavy atom. The van der Waals surface area contributed by atoms with E-state index in [-0.39, 0.29) is 11.7 Å². The first-order valence-corrected chi connectivity index (χ1v) is 8.24. The van der Waals surface area contributed by atoms with Crippen molar-refractivity contribution in [3.05, 3.63) is 64.8 Å². The van der Waals surface area contributed by atoms with Crippen molar-refractivity contribution in [1.82, 2.24) is 5.32 Å². The molecule has 0 aromatic heterocycles. The topological polar surface area (TPSA) is 50.7 Å². The summed E-state index contributed by atoms with van der Waals surface area (Å²) in [6.45, 7) is 2.44. The Morgan fingerprint density at radius 1 is 1.21 bits per heavy atom. The molecule has 2 aromatic carbocycles. The second kappa shape index (κ2) is 7.31. The van der Waals surface area contributed by atoms with Gasteiger partial charge in [0.05, 0.1) is 11.5 Å². The first-order chi connectivity index (χ1) is 11.7. The van der Waals surface area contributed by atoms with Crippen LogP contribution in [0, 0.1) is 5.82 Å². The molecule has 1 fully saturated rings. The maximum Gasteiger partial charge on any atom is 0.264 e.